The Hall–Kier alpha value is -2.13. The molecule has 0 bridgehead atoms. The van der Waals surface area contributed by atoms with Crippen LogP contribution in [0.25, 0.3) is 0 Å². The van der Waals surface area contributed by atoms with Gasteiger partial charge in [-0.3, -0.25) is 4.79 Å². The standard InChI is InChI=1S/C18H23F3N4O2/c1-14-13-17(27,18(19,20)21)25(22-14)16(26)7-8-23-9-11-24(12-10-23)15-5-3-2-4-6-15/h2-6,27H,7-13H2,1H3/p+1/t17-/m1/s1. The number of nitrogens with one attached hydrogen (secondary N) is 1. The van der Waals surface area contributed by atoms with Gasteiger partial charge in [0.1, 0.15) is 0 Å². The highest BCUT2D eigenvalue weighted by Gasteiger charge is 2.62. The third kappa shape index (κ3) is 4.08. The van der Waals surface area contributed by atoms with E-state index in [1.54, 1.807) is 0 Å². The van der Waals surface area contributed by atoms with Crippen molar-refractivity contribution in [2.24, 2.45) is 5.10 Å². The number of aliphatic hydroxyl groups is 1. The lowest BCUT2D eigenvalue weighted by Crippen LogP contribution is -3.15. The number of hydrazone groups is 1. The fraction of sp³-hybridized carbons (Fsp3) is 0.556. The molecule has 2 aliphatic heterocycles. The number of nitrogens with zero attached hydrogens (tertiary/aromatic N) is 3. The summed E-state index contributed by atoms with van der Waals surface area (Å²) < 4.78 is 39.6. The number of carbonyl (C=O) groups excluding carboxylic acids is 1. The molecule has 0 spiro atoms. The van der Waals surface area contributed by atoms with Crippen LogP contribution in [0.3, 0.4) is 0 Å². The molecule has 0 aromatic heterocycles. The lowest BCUT2D eigenvalue weighted by atomic mass is 10.1. The summed E-state index contributed by atoms with van der Waals surface area (Å²) in [4.78, 5) is 15.7. The fourth-order valence-electron chi connectivity index (χ4n) is 3.56. The minimum atomic E-state index is -4.95. The normalized spacial score (nSPS) is 24.3. The summed E-state index contributed by atoms with van der Waals surface area (Å²) in [5, 5.41) is 13.8. The third-order valence-electron chi connectivity index (χ3n) is 5.10. The second kappa shape index (κ2) is 7.47. The third-order valence-corrected chi connectivity index (χ3v) is 5.10. The van der Waals surface area contributed by atoms with Crippen LogP contribution in [0.2, 0.25) is 0 Å². The number of benzene rings is 1. The Morgan fingerprint density at radius 2 is 1.89 bits per heavy atom. The maximum absolute atomic E-state index is 13.2. The maximum atomic E-state index is 13.2. The number of amides is 1. The van der Waals surface area contributed by atoms with Gasteiger partial charge in [0.05, 0.1) is 39.1 Å². The highest BCUT2D eigenvalue weighted by atomic mass is 19.4. The van der Waals surface area contributed by atoms with Crippen LogP contribution in [-0.2, 0) is 4.79 Å². The van der Waals surface area contributed by atoms with E-state index in [9.17, 15) is 23.1 Å². The van der Waals surface area contributed by atoms with Crippen molar-refractivity contribution in [2.75, 3.05) is 37.6 Å². The van der Waals surface area contributed by atoms with Crippen LogP contribution < -0.4 is 9.80 Å². The number of carbonyl (C=O) groups is 1. The van der Waals surface area contributed by atoms with Crippen LogP contribution >= 0.6 is 0 Å². The molecule has 1 fully saturated rings. The Labute approximate surface area is 155 Å². The molecule has 0 radical (unpaired) electrons. The summed E-state index contributed by atoms with van der Waals surface area (Å²) in [6.07, 6.45) is -5.74. The number of piperazine rings is 1. The van der Waals surface area contributed by atoms with E-state index < -0.39 is 24.2 Å². The number of hydrogen-bond acceptors (Lipinski definition) is 4. The SMILES string of the molecule is CC1=NN(C(=O)CC[NH+]2CCN(c3ccccc3)CC2)[C@](O)(C(F)(F)F)C1. The molecule has 148 valence electrons. The van der Waals surface area contributed by atoms with Gasteiger partial charge >= 0.3 is 6.18 Å². The van der Waals surface area contributed by atoms with Gasteiger partial charge in [-0.25, -0.2) is 0 Å². The molecule has 6 nitrogen and oxygen atoms in total. The van der Waals surface area contributed by atoms with E-state index in [0.29, 0.717) is 6.54 Å². The first-order valence-corrected chi connectivity index (χ1v) is 9.00. The Bertz CT molecular complexity index is 702. The summed E-state index contributed by atoms with van der Waals surface area (Å²) in [5.41, 5.74) is -1.99. The predicted molar refractivity (Wildman–Crippen MR) is 94.4 cm³/mol. The molecule has 0 aliphatic carbocycles. The van der Waals surface area contributed by atoms with Gasteiger partial charge in [0, 0.05) is 17.8 Å². The Morgan fingerprint density at radius 1 is 1.26 bits per heavy atom. The summed E-state index contributed by atoms with van der Waals surface area (Å²) in [6, 6.07) is 10.0. The van der Waals surface area contributed by atoms with Crippen molar-refractivity contribution in [1.82, 2.24) is 5.01 Å². The maximum Gasteiger partial charge on any atom is 0.438 e. The van der Waals surface area contributed by atoms with E-state index in [4.69, 9.17) is 0 Å². The molecule has 1 saturated heterocycles. The van der Waals surface area contributed by atoms with E-state index in [2.05, 4.69) is 10.0 Å². The molecule has 1 aromatic rings. The quantitative estimate of drug-likeness (QED) is 0.800. The van der Waals surface area contributed by atoms with Crippen LogP contribution in [0.4, 0.5) is 18.9 Å². The van der Waals surface area contributed by atoms with Crippen molar-refractivity contribution in [3.63, 3.8) is 0 Å². The van der Waals surface area contributed by atoms with Crippen LogP contribution in [0.15, 0.2) is 35.4 Å². The average Bonchev–Trinajstić information content (AvgIpc) is 2.96. The van der Waals surface area contributed by atoms with Gasteiger partial charge in [0.15, 0.2) is 0 Å². The zero-order valence-electron chi connectivity index (χ0n) is 15.2. The van der Waals surface area contributed by atoms with E-state index in [0.717, 1.165) is 36.8 Å². The molecule has 3 rings (SSSR count). The Kier molecular flexibility index (Phi) is 5.43. The molecule has 1 atom stereocenters. The van der Waals surface area contributed by atoms with Crippen molar-refractivity contribution in [2.45, 2.75) is 31.7 Å². The smallest absolute Gasteiger partial charge is 0.362 e. The Balaban J connectivity index is 1.53. The molecule has 2 aliphatic rings. The van der Waals surface area contributed by atoms with Crippen LogP contribution in [0.5, 0.6) is 0 Å². The second-order valence-electron chi connectivity index (χ2n) is 7.10. The molecule has 0 saturated carbocycles. The van der Waals surface area contributed by atoms with Crippen molar-refractivity contribution in [1.29, 1.82) is 0 Å². The number of rotatable bonds is 4. The number of halogens is 3. The van der Waals surface area contributed by atoms with Crippen LogP contribution in [-0.4, -0.2) is 66.4 Å². The molecule has 2 N–H and O–H groups in total. The highest BCUT2D eigenvalue weighted by molar-refractivity contribution is 5.89. The molecule has 0 unspecified atom stereocenters. The van der Waals surface area contributed by atoms with E-state index in [1.165, 1.54) is 6.92 Å². The van der Waals surface area contributed by atoms with Gasteiger partial charge in [-0.2, -0.15) is 23.3 Å². The van der Waals surface area contributed by atoms with Crippen molar-refractivity contribution in [3.05, 3.63) is 30.3 Å². The zero-order chi connectivity index (χ0) is 19.7. The number of para-hydroxylation sites is 1. The first-order chi connectivity index (χ1) is 12.7. The summed E-state index contributed by atoms with van der Waals surface area (Å²) in [5.74, 6) is -0.801. The van der Waals surface area contributed by atoms with Gasteiger partial charge < -0.3 is 14.9 Å². The van der Waals surface area contributed by atoms with E-state index in [-0.39, 0.29) is 17.1 Å². The van der Waals surface area contributed by atoms with Crippen molar-refractivity contribution < 1.29 is 28.0 Å². The molecule has 27 heavy (non-hydrogen) atoms. The number of quaternary nitrogens is 1. The van der Waals surface area contributed by atoms with Crippen molar-refractivity contribution in [3.8, 4) is 0 Å². The fourth-order valence-corrected chi connectivity index (χ4v) is 3.56. The highest BCUT2D eigenvalue weighted by Crippen LogP contribution is 2.40. The number of alkyl halides is 3. The van der Waals surface area contributed by atoms with Gasteiger partial charge in [0.25, 0.3) is 11.6 Å². The molecular formula is C18H24F3N4O2+. The average molecular weight is 385 g/mol. The van der Waals surface area contributed by atoms with Gasteiger partial charge in [-0.15, -0.1) is 0 Å². The molecular weight excluding hydrogens is 361 g/mol. The summed E-state index contributed by atoms with van der Waals surface area (Å²) >= 11 is 0. The van der Waals surface area contributed by atoms with Gasteiger partial charge in [-0.05, 0) is 19.1 Å². The monoisotopic (exact) mass is 385 g/mol. The first kappa shape index (κ1) is 19.6. The minimum absolute atomic E-state index is 0.0875. The van der Waals surface area contributed by atoms with Gasteiger partial charge in [0.2, 0.25) is 0 Å². The summed E-state index contributed by atoms with van der Waals surface area (Å²) in [7, 11) is 0. The van der Waals surface area contributed by atoms with Crippen LogP contribution in [0.1, 0.15) is 19.8 Å². The number of hydrogen-bond donors (Lipinski definition) is 2. The lowest BCUT2D eigenvalue weighted by Gasteiger charge is -2.35. The predicted octanol–water partition coefficient (Wildman–Crippen LogP) is 0.641. The first-order valence-electron chi connectivity index (χ1n) is 9.00. The lowest BCUT2D eigenvalue weighted by molar-refractivity contribution is -0.900. The number of anilines is 1. The van der Waals surface area contributed by atoms with E-state index in [1.807, 2.05) is 30.3 Å². The second-order valence-corrected chi connectivity index (χ2v) is 7.10. The zero-order valence-corrected chi connectivity index (χ0v) is 15.2. The molecule has 1 amide bonds. The molecule has 9 heteroatoms. The van der Waals surface area contributed by atoms with Gasteiger partial charge in [-0.1, -0.05) is 18.2 Å². The van der Waals surface area contributed by atoms with E-state index >= 15 is 0 Å². The largest absolute Gasteiger partial charge is 0.438 e. The topological polar surface area (TPSA) is 60.6 Å². The van der Waals surface area contributed by atoms with Crippen LogP contribution in [0, 0.1) is 0 Å². The minimum Gasteiger partial charge on any atom is -0.362 e. The molecule has 2 heterocycles. The van der Waals surface area contributed by atoms with Crippen molar-refractivity contribution >= 4 is 17.3 Å². The summed E-state index contributed by atoms with van der Waals surface area (Å²) in [6.45, 7) is 5.03. The molecule has 1 aromatic carbocycles. The Morgan fingerprint density at radius 3 is 2.48 bits per heavy atom.